The van der Waals surface area contributed by atoms with Crippen molar-refractivity contribution in [3.05, 3.63) is 0 Å². The van der Waals surface area contributed by atoms with Crippen LogP contribution in [-0.4, -0.2) is 77.4 Å². The van der Waals surface area contributed by atoms with Crippen LogP contribution in [0, 0.1) is 0 Å². The number of halogens is 18. The van der Waals surface area contributed by atoms with E-state index in [2.05, 4.69) is 0 Å². The van der Waals surface area contributed by atoms with E-state index in [9.17, 15) is 79.0 Å². The monoisotopic (exact) mass is 461 g/mol. The van der Waals surface area contributed by atoms with Crippen LogP contribution in [0.2, 0.25) is 0 Å². The summed E-state index contributed by atoms with van der Waals surface area (Å²) < 4.78 is 221. The van der Waals surface area contributed by atoms with Gasteiger partial charge in [0.2, 0.25) is 0 Å². The maximum Gasteiger partial charge on any atom is 0.460 e. The molecule has 0 saturated carbocycles. The third-order valence-electron chi connectivity index (χ3n) is 2.68. The summed E-state index contributed by atoms with van der Waals surface area (Å²) in [6, 6.07) is 0. The van der Waals surface area contributed by atoms with Crippen LogP contribution in [0.15, 0.2) is 0 Å². The minimum atomic E-state index is -8.72. The molecule has 0 bridgehead atoms. The number of hydrogen-bond acceptors (Lipinski definition) is 0. The van der Waals surface area contributed by atoms with E-state index in [1.807, 2.05) is 0 Å². The van der Waals surface area contributed by atoms with Crippen molar-refractivity contribution >= 4 is 29.6 Å². The topological polar surface area (TPSA) is 0 Å². The molecule has 0 fully saturated rings. The van der Waals surface area contributed by atoms with Crippen LogP contribution in [0.3, 0.4) is 0 Å². The van der Waals surface area contributed by atoms with Gasteiger partial charge in [0, 0.05) is 29.6 Å². The number of alkyl halides is 18. The molecule has 0 aliphatic rings. The number of hydrogen-bond donors (Lipinski definition) is 0. The van der Waals surface area contributed by atoms with Gasteiger partial charge in [-0.15, -0.1) is 0 Å². The molecule has 0 aromatic carbocycles. The van der Waals surface area contributed by atoms with E-state index < -0.39 is 47.9 Å². The van der Waals surface area contributed by atoms with E-state index >= 15 is 0 Å². The first-order chi connectivity index (χ1) is 10.8. The Morgan fingerprint density at radius 1 is 0.222 bits per heavy atom. The molecule has 0 aliphatic carbocycles. The molecule has 0 amide bonds. The summed E-state index contributed by atoms with van der Waals surface area (Å²) >= 11 is 0. The Bertz CT molecular complexity index is 474. The van der Waals surface area contributed by atoms with Crippen molar-refractivity contribution in [1.29, 1.82) is 0 Å². The van der Waals surface area contributed by atoms with Crippen molar-refractivity contribution in [1.82, 2.24) is 0 Å². The summed E-state index contributed by atoms with van der Waals surface area (Å²) in [4.78, 5) is 0. The molecule has 0 N–H and O–H groups in total. The van der Waals surface area contributed by atoms with Gasteiger partial charge < -0.3 is 0 Å². The minimum Gasteiger partial charge on any atom is -0.192 e. The van der Waals surface area contributed by atoms with Crippen LogP contribution < -0.4 is 0 Å². The van der Waals surface area contributed by atoms with Crippen molar-refractivity contribution in [3.63, 3.8) is 0 Å². The second-order valence-electron chi connectivity index (χ2n) is 4.44. The summed E-state index contributed by atoms with van der Waals surface area (Å²) in [5.74, 6) is -51.0. The van der Waals surface area contributed by atoms with Crippen molar-refractivity contribution in [3.8, 4) is 0 Å². The summed E-state index contributed by atoms with van der Waals surface area (Å²) in [7, 11) is 0. The van der Waals surface area contributed by atoms with Crippen LogP contribution >= 0.6 is 0 Å². The van der Waals surface area contributed by atoms with Gasteiger partial charge in [-0.2, -0.15) is 79.0 Å². The van der Waals surface area contributed by atoms with Crippen molar-refractivity contribution in [2.24, 2.45) is 0 Å². The molecule has 0 aliphatic heterocycles. The Morgan fingerprint density at radius 2 is 0.333 bits per heavy atom. The van der Waals surface area contributed by atoms with Crippen molar-refractivity contribution < 1.29 is 79.0 Å². The molecule has 27 heavy (non-hydrogen) atoms. The molecule has 0 spiro atoms. The van der Waals surface area contributed by atoms with Crippen LogP contribution in [0.4, 0.5) is 79.0 Å². The molecule has 0 unspecified atom stereocenters. The standard InChI is InChI=1S/C8F18.Na/c9-1(10,3(13,14)5(17,18)7(21,22)23)2(11,12)4(15,16)6(19,20)8(24,25)26;. The zero-order valence-electron chi connectivity index (χ0n) is 11.8. The first kappa shape index (κ1) is 28.9. The van der Waals surface area contributed by atoms with E-state index in [1.165, 1.54) is 0 Å². The predicted octanol–water partition coefficient (Wildman–Crippen LogP) is 5.54. The zero-order chi connectivity index (χ0) is 22.0. The quantitative estimate of drug-likeness (QED) is 0.373. The predicted molar refractivity (Wildman–Crippen MR) is 47.5 cm³/mol. The van der Waals surface area contributed by atoms with Gasteiger partial charge in [-0.25, -0.2) is 0 Å². The molecule has 0 saturated heterocycles. The molecule has 19 heteroatoms. The van der Waals surface area contributed by atoms with Gasteiger partial charge in [-0.1, -0.05) is 0 Å². The fourth-order valence-corrected chi connectivity index (χ4v) is 1.14. The molecule has 159 valence electrons. The Morgan fingerprint density at radius 3 is 0.444 bits per heavy atom. The normalized spacial score (nSPS) is 16.2. The fraction of sp³-hybridized carbons (Fsp3) is 1.00. The van der Waals surface area contributed by atoms with Crippen molar-refractivity contribution in [2.45, 2.75) is 47.9 Å². The molecule has 0 nitrogen and oxygen atoms in total. The zero-order valence-corrected chi connectivity index (χ0v) is 13.8. The SMILES string of the molecule is FC(F)(F)C(F)(F)C(F)(F)C(F)(F)C(F)(F)C(F)(F)C(F)(F)C(F)(F)F.[Na]. The van der Waals surface area contributed by atoms with Gasteiger partial charge >= 0.3 is 47.9 Å². The minimum absolute atomic E-state index is 0. The second kappa shape index (κ2) is 6.91. The van der Waals surface area contributed by atoms with Crippen LogP contribution in [0.5, 0.6) is 0 Å². The first-order valence-corrected chi connectivity index (χ1v) is 5.15. The Balaban J connectivity index is 0. The largest absolute Gasteiger partial charge is 0.460 e. The maximum atomic E-state index is 12.8. The summed E-state index contributed by atoms with van der Waals surface area (Å²) in [6.45, 7) is 0. The third kappa shape index (κ3) is 3.69. The van der Waals surface area contributed by atoms with Gasteiger partial charge in [0.15, 0.2) is 0 Å². The van der Waals surface area contributed by atoms with E-state index in [1.54, 1.807) is 0 Å². The molecule has 0 rings (SSSR count). The van der Waals surface area contributed by atoms with Crippen molar-refractivity contribution in [2.75, 3.05) is 0 Å². The first-order valence-electron chi connectivity index (χ1n) is 5.15. The molecule has 1 radical (unpaired) electrons. The molecular weight excluding hydrogens is 461 g/mol. The van der Waals surface area contributed by atoms with Gasteiger partial charge in [0.25, 0.3) is 0 Å². The Labute approximate surface area is 157 Å². The van der Waals surface area contributed by atoms with Gasteiger partial charge in [0.1, 0.15) is 0 Å². The van der Waals surface area contributed by atoms with Gasteiger partial charge in [-0.05, 0) is 0 Å². The molecule has 0 aromatic heterocycles. The average Bonchev–Trinajstić information content (AvgIpc) is 2.34. The summed E-state index contributed by atoms with van der Waals surface area (Å²) in [5, 5.41) is 0. The molecule has 0 heterocycles. The van der Waals surface area contributed by atoms with E-state index in [4.69, 9.17) is 0 Å². The van der Waals surface area contributed by atoms with Gasteiger partial charge in [-0.3, -0.25) is 0 Å². The molecular formula is C8F18Na. The van der Waals surface area contributed by atoms with Crippen LogP contribution in [0.25, 0.3) is 0 Å². The number of rotatable bonds is 5. The van der Waals surface area contributed by atoms with Gasteiger partial charge in [0.05, 0.1) is 0 Å². The van der Waals surface area contributed by atoms with E-state index in [0.717, 1.165) is 0 Å². The fourth-order valence-electron chi connectivity index (χ4n) is 1.14. The smallest absolute Gasteiger partial charge is 0.192 e. The third-order valence-corrected chi connectivity index (χ3v) is 2.68. The van der Waals surface area contributed by atoms with Crippen LogP contribution in [-0.2, 0) is 0 Å². The molecule has 0 atom stereocenters. The van der Waals surface area contributed by atoms with E-state index in [0.29, 0.717) is 0 Å². The summed E-state index contributed by atoms with van der Waals surface area (Å²) in [5.41, 5.74) is 0. The average molecular weight is 461 g/mol. The summed E-state index contributed by atoms with van der Waals surface area (Å²) in [6.07, 6.45) is -15.6. The van der Waals surface area contributed by atoms with E-state index in [-0.39, 0.29) is 29.6 Å². The molecule has 0 aromatic rings. The maximum absolute atomic E-state index is 12.8. The van der Waals surface area contributed by atoms with Crippen LogP contribution in [0.1, 0.15) is 0 Å². The Hall–Kier alpha value is -0.260. The Kier molecular flexibility index (Phi) is 7.41. The second-order valence-corrected chi connectivity index (χ2v) is 4.44.